The van der Waals surface area contributed by atoms with Gasteiger partial charge in [0.2, 0.25) is 5.91 Å². The molecule has 0 heterocycles. The average molecular weight is 496 g/mol. The van der Waals surface area contributed by atoms with Gasteiger partial charge in [-0.3, -0.25) is 9.59 Å². The minimum Gasteiger partial charge on any atom is -0.495 e. The highest BCUT2D eigenvalue weighted by molar-refractivity contribution is 5.98. The van der Waals surface area contributed by atoms with Crippen molar-refractivity contribution in [2.75, 3.05) is 26.1 Å². The summed E-state index contributed by atoms with van der Waals surface area (Å²) in [5.74, 6) is 0.340. The van der Waals surface area contributed by atoms with Crippen LogP contribution in [0.3, 0.4) is 0 Å². The van der Waals surface area contributed by atoms with Crippen molar-refractivity contribution in [1.29, 1.82) is 5.26 Å². The number of anilines is 1. The molecule has 192 valence electrons. The molecule has 9 nitrogen and oxygen atoms in total. The lowest BCUT2D eigenvalue weighted by Crippen LogP contribution is -2.39. The molecule has 0 saturated carbocycles. The van der Waals surface area contributed by atoms with Crippen LogP contribution >= 0.6 is 0 Å². The number of hydrogen-bond donors (Lipinski definition) is 2. The number of nitrogens with zero attached hydrogens (tertiary/aromatic N) is 1. The minimum absolute atomic E-state index is 0.281. The van der Waals surface area contributed by atoms with Crippen LogP contribution in [-0.4, -0.2) is 44.3 Å². The van der Waals surface area contributed by atoms with Gasteiger partial charge in [-0.05, 0) is 68.7 Å². The fourth-order valence-electron chi connectivity index (χ4n) is 3.36. The summed E-state index contributed by atoms with van der Waals surface area (Å²) in [5.41, 5.74) is 7.55. The number of ether oxygens (including phenoxy) is 4. The van der Waals surface area contributed by atoms with Gasteiger partial charge >= 0.3 is 5.97 Å². The van der Waals surface area contributed by atoms with Gasteiger partial charge in [-0.25, -0.2) is 0 Å². The predicted octanol–water partition coefficient (Wildman–Crippen LogP) is 4.06. The van der Waals surface area contributed by atoms with E-state index in [0.717, 1.165) is 0 Å². The summed E-state index contributed by atoms with van der Waals surface area (Å²) in [4.78, 5) is 24.8. The smallest absolute Gasteiger partial charge is 0.308 e. The Morgan fingerprint density at radius 2 is 1.67 bits per heavy atom. The molecule has 2 aromatic rings. The molecule has 0 fully saturated rings. The van der Waals surface area contributed by atoms with Crippen molar-refractivity contribution >= 4 is 23.1 Å². The van der Waals surface area contributed by atoms with Gasteiger partial charge in [-0.15, -0.1) is 0 Å². The van der Waals surface area contributed by atoms with Crippen LogP contribution in [0.5, 0.6) is 17.2 Å². The molecule has 0 aliphatic carbocycles. The number of nitriles is 1. The zero-order valence-electron chi connectivity index (χ0n) is 21.5. The number of allylic oxidation sites excluding steroid dienone is 1. The SMILES string of the molecule is CCOc1cc(C(=CC#N)c2ccc(OC)c(NC(=O)C(N)CC(=O)OC(C)(C)C)c2)ccc1OC. The summed E-state index contributed by atoms with van der Waals surface area (Å²) in [6, 6.07) is 11.4. The molecule has 0 spiro atoms. The van der Waals surface area contributed by atoms with Crippen LogP contribution in [0.4, 0.5) is 5.69 Å². The zero-order valence-corrected chi connectivity index (χ0v) is 21.5. The second-order valence-corrected chi connectivity index (χ2v) is 8.79. The van der Waals surface area contributed by atoms with Crippen molar-refractivity contribution in [2.45, 2.75) is 45.8 Å². The monoisotopic (exact) mass is 495 g/mol. The molecule has 0 radical (unpaired) electrons. The number of rotatable bonds is 10. The molecule has 1 atom stereocenters. The molecule has 0 bridgehead atoms. The second kappa shape index (κ2) is 12.6. The summed E-state index contributed by atoms with van der Waals surface area (Å²) in [5, 5.41) is 12.2. The largest absolute Gasteiger partial charge is 0.495 e. The Morgan fingerprint density at radius 3 is 2.22 bits per heavy atom. The Morgan fingerprint density at radius 1 is 1.06 bits per heavy atom. The van der Waals surface area contributed by atoms with E-state index in [2.05, 4.69) is 11.4 Å². The molecule has 1 amide bonds. The molecule has 0 aliphatic heterocycles. The van der Waals surface area contributed by atoms with E-state index in [4.69, 9.17) is 24.7 Å². The Hall–Kier alpha value is -4.03. The van der Waals surface area contributed by atoms with Crippen LogP contribution in [0, 0.1) is 11.3 Å². The Kier molecular flexibility index (Phi) is 9.88. The first kappa shape index (κ1) is 28.2. The third-order valence-corrected chi connectivity index (χ3v) is 4.90. The number of carbonyl (C=O) groups excluding carboxylic acids is 2. The summed E-state index contributed by atoms with van der Waals surface area (Å²) in [6.07, 6.45) is 1.12. The first-order valence-corrected chi connectivity index (χ1v) is 11.4. The molecular formula is C27H33N3O6. The molecule has 0 saturated heterocycles. The van der Waals surface area contributed by atoms with Crippen molar-refractivity contribution in [2.24, 2.45) is 5.73 Å². The van der Waals surface area contributed by atoms with Crippen LogP contribution < -0.4 is 25.3 Å². The Bertz CT molecular complexity index is 1160. The fourth-order valence-corrected chi connectivity index (χ4v) is 3.36. The number of nitrogens with one attached hydrogen (secondary N) is 1. The standard InChI is InChI=1S/C27H33N3O6/c1-7-35-24-15-18(9-11-23(24)34-6)19(12-13-28)17-8-10-22(33-5)21(14-17)30-26(32)20(29)16-25(31)36-27(2,3)4/h8-12,14-15,20H,7,16,29H2,1-6H3,(H,30,32). The molecule has 2 aromatic carbocycles. The van der Waals surface area contributed by atoms with Gasteiger partial charge in [0, 0.05) is 6.08 Å². The van der Waals surface area contributed by atoms with Crippen LogP contribution in [0.1, 0.15) is 45.2 Å². The van der Waals surface area contributed by atoms with Gasteiger partial charge in [0.05, 0.1) is 45.0 Å². The van der Waals surface area contributed by atoms with Gasteiger partial charge in [0.1, 0.15) is 11.4 Å². The fraction of sp³-hybridized carbons (Fsp3) is 0.370. The zero-order chi connectivity index (χ0) is 26.9. The van der Waals surface area contributed by atoms with Crippen LogP contribution in [0.15, 0.2) is 42.5 Å². The van der Waals surface area contributed by atoms with Crippen molar-refractivity contribution in [3.05, 3.63) is 53.6 Å². The highest BCUT2D eigenvalue weighted by atomic mass is 16.6. The summed E-state index contributed by atoms with van der Waals surface area (Å²) in [6.45, 7) is 7.52. The first-order chi connectivity index (χ1) is 17.0. The van der Waals surface area contributed by atoms with Crippen molar-refractivity contribution in [3.63, 3.8) is 0 Å². The third kappa shape index (κ3) is 7.75. The first-order valence-electron chi connectivity index (χ1n) is 11.4. The van der Waals surface area contributed by atoms with E-state index >= 15 is 0 Å². The lowest BCUT2D eigenvalue weighted by Gasteiger charge is -2.21. The van der Waals surface area contributed by atoms with E-state index in [1.54, 1.807) is 58.2 Å². The molecule has 0 aliphatic rings. The summed E-state index contributed by atoms with van der Waals surface area (Å²) < 4.78 is 21.6. The van der Waals surface area contributed by atoms with Gasteiger partial charge in [-0.2, -0.15) is 5.26 Å². The molecular weight excluding hydrogens is 462 g/mol. The molecule has 0 aromatic heterocycles. The predicted molar refractivity (Wildman–Crippen MR) is 137 cm³/mol. The van der Waals surface area contributed by atoms with E-state index in [-0.39, 0.29) is 6.42 Å². The van der Waals surface area contributed by atoms with Crippen LogP contribution in [0.25, 0.3) is 5.57 Å². The van der Waals surface area contributed by atoms with Crippen LogP contribution in [0.2, 0.25) is 0 Å². The molecule has 9 heteroatoms. The lowest BCUT2D eigenvalue weighted by atomic mass is 9.96. The molecule has 3 N–H and O–H groups in total. The van der Waals surface area contributed by atoms with E-state index in [1.807, 2.05) is 13.0 Å². The van der Waals surface area contributed by atoms with E-state index < -0.39 is 23.5 Å². The maximum Gasteiger partial charge on any atom is 0.308 e. The number of esters is 1. The van der Waals surface area contributed by atoms with Gasteiger partial charge < -0.3 is 30.0 Å². The van der Waals surface area contributed by atoms with Crippen molar-refractivity contribution in [1.82, 2.24) is 0 Å². The lowest BCUT2D eigenvalue weighted by molar-refractivity contribution is -0.155. The van der Waals surface area contributed by atoms with Gasteiger partial charge in [0.25, 0.3) is 0 Å². The third-order valence-electron chi connectivity index (χ3n) is 4.90. The van der Waals surface area contributed by atoms with Gasteiger partial charge in [-0.1, -0.05) is 12.1 Å². The van der Waals surface area contributed by atoms with Crippen molar-refractivity contribution < 1.29 is 28.5 Å². The van der Waals surface area contributed by atoms with E-state index in [0.29, 0.717) is 46.2 Å². The number of carbonyl (C=O) groups is 2. The Labute approximate surface area is 211 Å². The highest BCUT2D eigenvalue weighted by Crippen LogP contribution is 2.35. The number of benzene rings is 2. The number of amides is 1. The maximum atomic E-state index is 12.7. The second-order valence-electron chi connectivity index (χ2n) is 8.79. The summed E-state index contributed by atoms with van der Waals surface area (Å²) in [7, 11) is 3.02. The highest BCUT2D eigenvalue weighted by Gasteiger charge is 2.23. The quantitative estimate of drug-likeness (QED) is 0.372. The van der Waals surface area contributed by atoms with Crippen molar-refractivity contribution in [3.8, 4) is 23.3 Å². The van der Waals surface area contributed by atoms with E-state index in [1.165, 1.54) is 13.2 Å². The van der Waals surface area contributed by atoms with E-state index in [9.17, 15) is 14.9 Å². The molecule has 1 unspecified atom stereocenters. The normalized spacial score (nSPS) is 12.2. The molecule has 2 rings (SSSR count). The number of methoxy groups -OCH3 is 2. The topological polar surface area (TPSA) is 133 Å². The average Bonchev–Trinajstić information content (AvgIpc) is 2.81. The number of nitrogens with two attached hydrogens (primary N) is 1. The van der Waals surface area contributed by atoms with Gasteiger partial charge in [0.15, 0.2) is 11.5 Å². The minimum atomic E-state index is -1.13. The van der Waals surface area contributed by atoms with Crippen LogP contribution in [-0.2, 0) is 14.3 Å². The summed E-state index contributed by atoms with van der Waals surface area (Å²) >= 11 is 0. The maximum absolute atomic E-state index is 12.7. The Balaban J connectivity index is 2.37. The number of hydrogen-bond acceptors (Lipinski definition) is 8. The molecule has 36 heavy (non-hydrogen) atoms.